The molecule has 0 bridgehead atoms. The minimum Gasteiger partial charge on any atom is -0.496 e. The van der Waals surface area contributed by atoms with Crippen LogP contribution in [0, 0.1) is 0 Å². The van der Waals surface area contributed by atoms with Gasteiger partial charge < -0.3 is 10.5 Å². The molecule has 0 spiro atoms. The zero-order valence-electron chi connectivity index (χ0n) is 19.2. The highest BCUT2D eigenvalue weighted by Crippen LogP contribution is 2.47. The first kappa shape index (κ1) is 22.2. The Balaban J connectivity index is 1.47. The van der Waals surface area contributed by atoms with Gasteiger partial charge in [0.05, 0.1) is 12.6 Å². The Kier molecular flexibility index (Phi) is 5.19. The van der Waals surface area contributed by atoms with Crippen molar-refractivity contribution in [3.63, 3.8) is 0 Å². The van der Waals surface area contributed by atoms with Gasteiger partial charge in [-0.25, -0.2) is 4.98 Å². The molecular weight excluding hydrogens is 457 g/mol. The SMILES string of the molecule is COc1ccc2ccc(-c3nnc4ccc([C@@H](N5CCC(N)C5)C(F)(F)F)cn34)nc2c1C1CC1. The van der Waals surface area contributed by atoms with Crippen molar-refractivity contribution in [3.05, 3.63) is 53.7 Å². The highest BCUT2D eigenvalue weighted by atomic mass is 19.4. The van der Waals surface area contributed by atoms with Crippen LogP contribution in [0.3, 0.4) is 0 Å². The van der Waals surface area contributed by atoms with E-state index in [4.69, 9.17) is 15.5 Å². The van der Waals surface area contributed by atoms with Gasteiger partial charge in [-0.2, -0.15) is 13.2 Å². The summed E-state index contributed by atoms with van der Waals surface area (Å²) in [6.07, 6.45) is -0.259. The molecule has 0 amide bonds. The average Bonchev–Trinajstić information content (AvgIpc) is 3.45. The molecule has 182 valence electrons. The summed E-state index contributed by atoms with van der Waals surface area (Å²) in [6.45, 7) is 0.506. The number of fused-ring (bicyclic) bond motifs is 2. The molecule has 2 fully saturated rings. The second kappa shape index (κ2) is 8.17. The fourth-order valence-electron chi connectivity index (χ4n) is 5.16. The molecule has 4 heterocycles. The lowest BCUT2D eigenvalue weighted by Crippen LogP contribution is -2.38. The molecule has 2 N–H and O–H groups in total. The van der Waals surface area contributed by atoms with Gasteiger partial charge in [0.1, 0.15) is 17.5 Å². The highest BCUT2D eigenvalue weighted by molar-refractivity contribution is 5.87. The topological polar surface area (TPSA) is 81.6 Å². The Morgan fingerprint density at radius 2 is 1.86 bits per heavy atom. The summed E-state index contributed by atoms with van der Waals surface area (Å²) >= 11 is 0. The molecule has 6 rings (SSSR count). The van der Waals surface area contributed by atoms with Crippen LogP contribution in [0.1, 0.15) is 42.3 Å². The Labute approximate surface area is 199 Å². The van der Waals surface area contributed by atoms with E-state index in [0.29, 0.717) is 36.0 Å². The summed E-state index contributed by atoms with van der Waals surface area (Å²) < 4.78 is 49.7. The van der Waals surface area contributed by atoms with Crippen molar-refractivity contribution in [2.24, 2.45) is 5.73 Å². The van der Waals surface area contributed by atoms with Gasteiger partial charge in [0.25, 0.3) is 0 Å². The molecule has 2 atom stereocenters. The Hall–Kier alpha value is -3.24. The zero-order chi connectivity index (χ0) is 24.3. The van der Waals surface area contributed by atoms with Gasteiger partial charge in [0.2, 0.25) is 0 Å². The number of nitrogens with zero attached hydrogens (tertiary/aromatic N) is 5. The van der Waals surface area contributed by atoms with Crippen molar-refractivity contribution in [2.45, 2.75) is 43.4 Å². The third-order valence-corrected chi connectivity index (χ3v) is 6.97. The second-order valence-corrected chi connectivity index (χ2v) is 9.43. The van der Waals surface area contributed by atoms with Crippen molar-refractivity contribution in [1.29, 1.82) is 0 Å². The molecule has 1 aromatic carbocycles. The Bertz CT molecular complexity index is 1410. The van der Waals surface area contributed by atoms with Crippen molar-refractivity contribution >= 4 is 16.6 Å². The van der Waals surface area contributed by atoms with Crippen LogP contribution < -0.4 is 10.5 Å². The van der Waals surface area contributed by atoms with Crippen LogP contribution in [0.2, 0.25) is 0 Å². The van der Waals surface area contributed by atoms with Gasteiger partial charge in [0.15, 0.2) is 11.5 Å². The van der Waals surface area contributed by atoms with Crippen LogP contribution in [0.5, 0.6) is 5.75 Å². The second-order valence-electron chi connectivity index (χ2n) is 9.43. The molecule has 3 aromatic heterocycles. The minimum absolute atomic E-state index is 0.126. The van der Waals surface area contributed by atoms with E-state index in [1.165, 1.54) is 17.2 Å². The van der Waals surface area contributed by atoms with E-state index >= 15 is 0 Å². The van der Waals surface area contributed by atoms with Crippen LogP contribution in [0.4, 0.5) is 13.2 Å². The molecule has 7 nitrogen and oxygen atoms in total. The Morgan fingerprint density at radius 1 is 1.06 bits per heavy atom. The van der Waals surface area contributed by atoms with Gasteiger partial charge in [-0.15, -0.1) is 10.2 Å². The van der Waals surface area contributed by atoms with Gasteiger partial charge >= 0.3 is 6.18 Å². The molecule has 35 heavy (non-hydrogen) atoms. The minimum atomic E-state index is -4.44. The number of halogens is 3. The molecule has 1 saturated heterocycles. The third-order valence-electron chi connectivity index (χ3n) is 6.97. The number of rotatable bonds is 5. The number of alkyl halides is 3. The van der Waals surface area contributed by atoms with Crippen molar-refractivity contribution in [3.8, 4) is 17.3 Å². The first-order chi connectivity index (χ1) is 16.8. The van der Waals surface area contributed by atoms with Crippen molar-refractivity contribution in [1.82, 2.24) is 24.5 Å². The summed E-state index contributed by atoms with van der Waals surface area (Å²) in [5.74, 6) is 1.60. The maximum Gasteiger partial charge on any atom is 0.408 e. The molecular formula is C25H25F3N6O. The standard InChI is InChI=1S/C25H25F3N6O/c1-35-19-8-5-15-4-7-18(30-22(15)21(19)14-2-3-14)24-32-31-20-9-6-16(12-34(20)24)23(25(26,27)28)33-11-10-17(29)13-33/h4-9,12,14,17,23H,2-3,10-11,13,29H2,1H3/t17?,23-/m1/s1. The van der Waals surface area contributed by atoms with Crippen LogP contribution in [0.25, 0.3) is 28.1 Å². The number of benzene rings is 1. The van der Waals surface area contributed by atoms with Gasteiger partial charge in [0, 0.05) is 36.3 Å². The lowest BCUT2D eigenvalue weighted by molar-refractivity contribution is -0.183. The number of hydrogen-bond acceptors (Lipinski definition) is 6. The first-order valence-electron chi connectivity index (χ1n) is 11.7. The Morgan fingerprint density at radius 3 is 2.54 bits per heavy atom. The molecule has 10 heteroatoms. The predicted molar refractivity (Wildman–Crippen MR) is 125 cm³/mol. The van der Waals surface area contributed by atoms with Crippen LogP contribution in [-0.2, 0) is 0 Å². The zero-order valence-corrected chi connectivity index (χ0v) is 19.2. The van der Waals surface area contributed by atoms with Crippen molar-refractivity contribution < 1.29 is 17.9 Å². The van der Waals surface area contributed by atoms with E-state index in [-0.39, 0.29) is 18.2 Å². The van der Waals surface area contributed by atoms with E-state index in [1.807, 2.05) is 24.3 Å². The van der Waals surface area contributed by atoms with E-state index in [1.54, 1.807) is 17.6 Å². The quantitative estimate of drug-likeness (QED) is 0.452. The summed E-state index contributed by atoms with van der Waals surface area (Å²) in [5, 5.41) is 9.45. The normalized spacial score (nSPS) is 20.1. The maximum atomic E-state index is 14.2. The number of pyridine rings is 2. The predicted octanol–water partition coefficient (Wildman–Crippen LogP) is 4.47. The van der Waals surface area contributed by atoms with Gasteiger partial charge in [-0.05, 0) is 55.0 Å². The number of nitrogens with two attached hydrogens (primary N) is 1. The molecule has 1 aliphatic heterocycles. The number of ether oxygens (including phenoxy) is 1. The fraction of sp³-hybridized carbons (Fsp3) is 0.400. The van der Waals surface area contributed by atoms with Crippen LogP contribution >= 0.6 is 0 Å². The number of aromatic nitrogens is 4. The van der Waals surface area contributed by atoms with Gasteiger partial charge in [-0.1, -0.05) is 12.1 Å². The van der Waals surface area contributed by atoms with Gasteiger partial charge in [-0.3, -0.25) is 9.30 Å². The highest BCUT2D eigenvalue weighted by Gasteiger charge is 2.46. The average molecular weight is 483 g/mol. The third kappa shape index (κ3) is 3.90. The number of hydrogen-bond donors (Lipinski definition) is 1. The van der Waals surface area contributed by atoms with Crippen molar-refractivity contribution in [2.75, 3.05) is 20.2 Å². The van der Waals surface area contributed by atoms with E-state index < -0.39 is 12.2 Å². The van der Waals surface area contributed by atoms with Crippen LogP contribution in [-0.4, -0.2) is 56.9 Å². The maximum absolute atomic E-state index is 14.2. The summed E-state index contributed by atoms with van der Waals surface area (Å²) in [6, 6.07) is 8.75. The molecule has 2 aliphatic rings. The molecule has 1 unspecified atom stereocenters. The smallest absolute Gasteiger partial charge is 0.408 e. The molecule has 4 aromatic rings. The van der Waals surface area contributed by atoms with E-state index in [9.17, 15) is 13.2 Å². The first-order valence-corrected chi connectivity index (χ1v) is 11.7. The largest absolute Gasteiger partial charge is 0.496 e. The summed E-state index contributed by atoms with van der Waals surface area (Å²) in [7, 11) is 1.65. The van der Waals surface area contributed by atoms with Crippen LogP contribution in [0.15, 0.2) is 42.6 Å². The van der Waals surface area contributed by atoms with E-state index in [2.05, 4.69) is 10.2 Å². The number of methoxy groups -OCH3 is 1. The van der Waals surface area contributed by atoms with E-state index in [0.717, 1.165) is 35.1 Å². The molecule has 0 radical (unpaired) electrons. The summed E-state index contributed by atoms with van der Waals surface area (Å²) in [4.78, 5) is 6.30. The molecule has 1 saturated carbocycles. The monoisotopic (exact) mass is 482 g/mol. The lowest BCUT2D eigenvalue weighted by Gasteiger charge is -2.30. The molecule has 1 aliphatic carbocycles. The number of likely N-dealkylation sites (tertiary alicyclic amines) is 1. The fourth-order valence-corrected chi connectivity index (χ4v) is 5.16. The lowest BCUT2D eigenvalue weighted by atomic mass is 10.0. The summed E-state index contributed by atoms with van der Waals surface area (Å²) in [5.41, 5.74) is 8.94.